The second kappa shape index (κ2) is 5.08. The number of halogens is 1. The largest absolute Gasteiger partial charge is 0.504 e. The Morgan fingerprint density at radius 1 is 1.50 bits per heavy atom. The fourth-order valence-corrected chi connectivity index (χ4v) is 1.46. The highest BCUT2D eigenvalue weighted by Crippen LogP contribution is 2.33. The summed E-state index contributed by atoms with van der Waals surface area (Å²) < 4.78 is 4.99. The van der Waals surface area contributed by atoms with Gasteiger partial charge in [0.1, 0.15) is 0 Å². The SMILES string of the molecule is CNCCc1cc(Cl)cc(OC)c1O. The maximum absolute atomic E-state index is 9.73. The van der Waals surface area contributed by atoms with Gasteiger partial charge in [-0.2, -0.15) is 0 Å². The number of methoxy groups -OCH3 is 1. The van der Waals surface area contributed by atoms with Crippen LogP contribution in [0.25, 0.3) is 0 Å². The van der Waals surface area contributed by atoms with E-state index in [1.807, 2.05) is 7.05 Å². The second-order valence-corrected chi connectivity index (χ2v) is 3.41. The molecule has 0 aromatic heterocycles. The van der Waals surface area contributed by atoms with Crippen LogP contribution in [0.15, 0.2) is 12.1 Å². The molecule has 0 aliphatic rings. The Morgan fingerprint density at radius 2 is 2.21 bits per heavy atom. The number of phenolic OH excluding ortho intramolecular Hbond substituents is 1. The van der Waals surface area contributed by atoms with Crippen molar-refractivity contribution in [3.05, 3.63) is 22.7 Å². The minimum atomic E-state index is 0.173. The number of nitrogens with one attached hydrogen (secondary N) is 1. The molecule has 0 unspecified atom stereocenters. The Labute approximate surface area is 88.7 Å². The van der Waals surface area contributed by atoms with Crippen molar-refractivity contribution >= 4 is 11.6 Å². The molecule has 0 radical (unpaired) electrons. The minimum Gasteiger partial charge on any atom is -0.504 e. The molecule has 78 valence electrons. The van der Waals surface area contributed by atoms with Crippen LogP contribution in [0.4, 0.5) is 0 Å². The molecule has 0 saturated heterocycles. The van der Waals surface area contributed by atoms with Crippen LogP contribution in [0.1, 0.15) is 5.56 Å². The van der Waals surface area contributed by atoms with Crippen molar-refractivity contribution in [1.82, 2.24) is 5.32 Å². The van der Waals surface area contributed by atoms with E-state index in [0.29, 0.717) is 10.8 Å². The third-order valence-corrected chi connectivity index (χ3v) is 2.20. The van der Waals surface area contributed by atoms with Crippen LogP contribution < -0.4 is 10.1 Å². The van der Waals surface area contributed by atoms with Gasteiger partial charge in [0.05, 0.1) is 7.11 Å². The van der Waals surface area contributed by atoms with Gasteiger partial charge in [-0.25, -0.2) is 0 Å². The van der Waals surface area contributed by atoms with Gasteiger partial charge < -0.3 is 15.2 Å². The average molecular weight is 216 g/mol. The van der Waals surface area contributed by atoms with Crippen LogP contribution in [-0.2, 0) is 6.42 Å². The van der Waals surface area contributed by atoms with Crippen molar-refractivity contribution < 1.29 is 9.84 Å². The quantitative estimate of drug-likeness (QED) is 0.805. The zero-order chi connectivity index (χ0) is 10.6. The second-order valence-electron chi connectivity index (χ2n) is 2.97. The Hall–Kier alpha value is -0.930. The van der Waals surface area contributed by atoms with E-state index in [9.17, 15) is 5.11 Å². The molecule has 0 bridgehead atoms. The summed E-state index contributed by atoms with van der Waals surface area (Å²) in [7, 11) is 3.37. The first kappa shape index (κ1) is 11.1. The van der Waals surface area contributed by atoms with Crippen molar-refractivity contribution in [2.75, 3.05) is 20.7 Å². The summed E-state index contributed by atoms with van der Waals surface area (Å²) in [5.74, 6) is 0.593. The molecule has 1 rings (SSSR count). The molecule has 2 N–H and O–H groups in total. The molecular formula is C10H14ClNO2. The predicted octanol–water partition coefficient (Wildman–Crippen LogP) is 1.82. The Kier molecular flexibility index (Phi) is 4.04. The lowest BCUT2D eigenvalue weighted by Crippen LogP contribution is -2.10. The summed E-state index contributed by atoms with van der Waals surface area (Å²) in [5.41, 5.74) is 0.795. The normalized spacial score (nSPS) is 10.2. The molecule has 0 aliphatic carbocycles. The lowest BCUT2D eigenvalue weighted by Gasteiger charge is -2.09. The molecule has 0 saturated carbocycles. The van der Waals surface area contributed by atoms with Crippen LogP contribution in [0.5, 0.6) is 11.5 Å². The number of rotatable bonds is 4. The van der Waals surface area contributed by atoms with E-state index >= 15 is 0 Å². The van der Waals surface area contributed by atoms with Crippen molar-refractivity contribution in [3.63, 3.8) is 0 Å². The molecule has 0 heterocycles. The molecule has 1 aromatic carbocycles. The van der Waals surface area contributed by atoms with E-state index in [1.54, 1.807) is 12.1 Å². The van der Waals surface area contributed by atoms with Gasteiger partial charge in [-0.15, -0.1) is 0 Å². The number of phenols is 1. The molecule has 4 heteroatoms. The van der Waals surface area contributed by atoms with Gasteiger partial charge in [0, 0.05) is 16.7 Å². The van der Waals surface area contributed by atoms with E-state index in [2.05, 4.69) is 5.32 Å². The topological polar surface area (TPSA) is 41.5 Å². The first-order valence-corrected chi connectivity index (χ1v) is 4.76. The first-order chi connectivity index (χ1) is 6.69. The van der Waals surface area contributed by atoms with Crippen molar-refractivity contribution in [1.29, 1.82) is 0 Å². The van der Waals surface area contributed by atoms with E-state index in [0.717, 1.165) is 18.5 Å². The van der Waals surface area contributed by atoms with E-state index in [1.165, 1.54) is 7.11 Å². The summed E-state index contributed by atoms with van der Waals surface area (Å²) in [5, 5.41) is 13.3. The van der Waals surface area contributed by atoms with E-state index in [-0.39, 0.29) is 5.75 Å². The highest BCUT2D eigenvalue weighted by molar-refractivity contribution is 6.30. The van der Waals surface area contributed by atoms with Crippen LogP contribution in [0.2, 0.25) is 5.02 Å². The third kappa shape index (κ3) is 2.53. The molecule has 0 aliphatic heterocycles. The zero-order valence-electron chi connectivity index (χ0n) is 8.30. The smallest absolute Gasteiger partial charge is 0.162 e. The summed E-state index contributed by atoms with van der Waals surface area (Å²) in [4.78, 5) is 0. The highest BCUT2D eigenvalue weighted by Gasteiger charge is 2.08. The fraction of sp³-hybridized carbons (Fsp3) is 0.400. The number of hydrogen-bond acceptors (Lipinski definition) is 3. The van der Waals surface area contributed by atoms with Gasteiger partial charge in [-0.1, -0.05) is 11.6 Å². The lowest BCUT2D eigenvalue weighted by molar-refractivity contribution is 0.370. The molecular weight excluding hydrogens is 202 g/mol. The van der Waals surface area contributed by atoms with Crippen molar-refractivity contribution in [2.45, 2.75) is 6.42 Å². The van der Waals surface area contributed by atoms with Gasteiger partial charge in [0.15, 0.2) is 11.5 Å². The summed E-state index contributed by atoms with van der Waals surface area (Å²) in [6.45, 7) is 0.789. The molecule has 0 fully saturated rings. The van der Waals surface area contributed by atoms with Gasteiger partial charge in [0.2, 0.25) is 0 Å². The minimum absolute atomic E-state index is 0.173. The van der Waals surface area contributed by atoms with Gasteiger partial charge in [0.25, 0.3) is 0 Å². The van der Waals surface area contributed by atoms with E-state index < -0.39 is 0 Å². The fourth-order valence-electron chi connectivity index (χ4n) is 1.23. The molecule has 0 amide bonds. The van der Waals surface area contributed by atoms with E-state index in [4.69, 9.17) is 16.3 Å². The molecule has 14 heavy (non-hydrogen) atoms. The predicted molar refractivity (Wildman–Crippen MR) is 57.3 cm³/mol. The molecule has 1 aromatic rings. The summed E-state index contributed by atoms with van der Waals surface area (Å²) in [6.07, 6.45) is 0.721. The standard InChI is InChI=1S/C10H14ClNO2/c1-12-4-3-7-5-8(11)6-9(14-2)10(7)13/h5-6,12-13H,3-4H2,1-2H3. The molecule has 0 spiro atoms. The Morgan fingerprint density at radius 3 is 2.79 bits per heavy atom. The van der Waals surface area contributed by atoms with Gasteiger partial charge in [-0.3, -0.25) is 0 Å². The third-order valence-electron chi connectivity index (χ3n) is 1.98. The van der Waals surface area contributed by atoms with Crippen LogP contribution >= 0.6 is 11.6 Å². The van der Waals surface area contributed by atoms with Gasteiger partial charge in [-0.05, 0) is 26.1 Å². The molecule has 0 atom stereocenters. The maximum atomic E-state index is 9.73. The lowest BCUT2D eigenvalue weighted by atomic mass is 10.1. The monoisotopic (exact) mass is 215 g/mol. The van der Waals surface area contributed by atoms with Crippen LogP contribution in [0, 0.1) is 0 Å². The van der Waals surface area contributed by atoms with Gasteiger partial charge >= 0.3 is 0 Å². The van der Waals surface area contributed by atoms with Crippen LogP contribution in [0.3, 0.4) is 0 Å². The number of benzene rings is 1. The number of ether oxygens (including phenoxy) is 1. The first-order valence-electron chi connectivity index (χ1n) is 4.39. The molecule has 3 nitrogen and oxygen atoms in total. The van der Waals surface area contributed by atoms with Crippen LogP contribution in [-0.4, -0.2) is 25.8 Å². The summed E-state index contributed by atoms with van der Waals surface area (Å²) in [6, 6.07) is 3.34. The average Bonchev–Trinajstić information content (AvgIpc) is 2.18. The highest BCUT2D eigenvalue weighted by atomic mass is 35.5. The van der Waals surface area contributed by atoms with Crippen molar-refractivity contribution in [3.8, 4) is 11.5 Å². The summed E-state index contributed by atoms with van der Waals surface area (Å²) >= 11 is 5.87. The maximum Gasteiger partial charge on any atom is 0.162 e. The number of likely N-dealkylation sites (N-methyl/N-ethyl adjacent to an activating group) is 1. The number of hydrogen-bond donors (Lipinski definition) is 2. The number of aromatic hydroxyl groups is 1. The van der Waals surface area contributed by atoms with Crippen molar-refractivity contribution in [2.24, 2.45) is 0 Å². The Bertz CT molecular complexity index is 315. The zero-order valence-corrected chi connectivity index (χ0v) is 9.06. The Balaban J connectivity index is 2.96.